The smallest absolute Gasteiger partial charge is 0.337 e. The monoisotopic (exact) mass is 315 g/mol. The third-order valence-electron chi connectivity index (χ3n) is 2.38. The number of benzene rings is 1. The van der Waals surface area contributed by atoms with Crippen molar-refractivity contribution in [1.29, 1.82) is 0 Å². The maximum Gasteiger partial charge on any atom is 0.337 e. The molecule has 0 bridgehead atoms. The van der Waals surface area contributed by atoms with Crippen molar-refractivity contribution >= 4 is 39.7 Å². The Hall–Kier alpha value is -1.24. The zero-order valence-corrected chi connectivity index (χ0v) is 12.3. The molecule has 0 aliphatic heterocycles. The number of carbonyl (C=O) groups is 1. The Bertz CT molecular complexity index is 654. The molecule has 0 saturated carbocycles. The molecule has 0 aliphatic carbocycles. The van der Waals surface area contributed by atoms with E-state index in [1.807, 2.05) is 12.3 Å². The van der Waals surface area contributed by atoms with E-state index < -0.39 is 16.8 Å². The number of nitrogens with zero attached hydrogens (tertiary/aromatic N) is 1. The van der Waals surface area contributed by atoms with Crippen LogP contribution in [0.15, 0.2) is 28.5 Å². The minimum Gasteiger partial charge on any atom is -0.478 e. The van der Waals surface area contributed by atoms with Gasteiger partial charge in [0.1, 0.15) is 0 Å². The van der Waals surface area contributed by atoms with Crippen LogP contribution < -0.4 is 0 Å². The Morgan fingerprint density at radius 1 is 1.53 bits per heavy atom. The highest BCUT2D eigenvalue weighted by Crippen LogP contribution is 2.21. The van der Waals surface area contributed by atoms with Crippen LogP contribution in [0.1, 0.15) is 21.1 Å². The van der Waals surface area contributed by atoms with E-state index in [1.165, 1.54) is 23.5 Å². The molecule has 1 aromatic carbocycles. The minimum atomic E-state index is -1.33. The van der Waals surface area contributed by atoms with Gasteiger partial charge >= 0.3 is 5.97 Å². The molecular weight excluding hydrogens is 306 g/mol. The lowest BCUT2D eigenvalue weighted by Gasteiger charge is -2.03. The van der Waals surface area contributed by atoms with Gasteiger partial charge in [-0.2, -0.15) is 0 Å². The average molecular weight is 316 g/mol. The van der Waals surface area contributed by atoms with Crippen molar-refractivity contribution < 1.29 is 14.1 Å². The van der Waals surface area contributed by atoms with E-state index in [0.29, 0.717) is 4.90 Å². The highest BCUT2D eigenvalue weighted by atomic mass is 35.5. The van der Waals surface area contributed by atoms with Crippen molar-refractivity contribution in [3.8, 4) is 0 Å². The van der Waals surface area contributed by atoms with Crippen LogP contribution >= 0.6 is 22.9 Å². The number of carboxylic acid groups (broad SMARTS) is 1. The van der Waals surface area contributed by atoms with E-state index in [1.54, 1.807) is 6.07 Å². The summed E-state index contributed by atoms with van der Waals surface area (Å²) in [5.74, 6) is -0.862. The molecule has 100 valence electrons. The number of hydrogen-bond acceptors (Lipinski definition) is 4. The molecule has 2 aromatic rings. The number of hydrogen-bond donors (Lipinski definition) is 1. The van der Waals surface area contributed by atoms with Gasteiger partial charge < -0.3 is 5.11 Å². The van der Waals surface area contributed by atoms with Gasteiger partial charge in [0.2, 0.25) is 0 Å². The molecule has 0 amide bonds. The Morgan fingerprint density at radius 3 is 2.84 bits per heavy atom. The van der Waals surface area contributed by atoms with Crippen molar-refractivity contribution in [2.75, 3.05) is 0 Å². The van der Waals surface area contributed by atoms with Crippen LogP contribution in [0.3, 0.4) is 0 Å². The number of aromatic carboxylic acids is 1. The van der Waals surface area contributed by atoms with Gasteiger partial charge in [0, 0.05) is 10.3 Å². The summed E-state index contributed by atoms with van der Waals surface area (Å²) in [7, 11) is -1.33. The number of thiazole rings is 1. The third kappa shape index (κ3) is 3.40. The molecule has 0 radical (unpaired) electrons. The number of halogens is 1. The topological polar surface area (TPSA) is 67.3 Å². The molecule has 19 heavy (non-hydrogen) atoms. The summed E-state index contributed by atoms with van der Waals surface area (Å²) in [4.78, 5) is 15.6. The Kier molecular flexibility index (Phi) is 4.34. The zero-order valence-electron chi connectivity index (χ0n) is 9.92. The lowest BCUT2D eigenvalue weighted by Crippen LogP contribution is -2.02. The van der Waals surface area contributed by atoms with Crippen molar-refractivity contribution in [2.24, 2.45) is 0 Å². The van der Waals surface area contributed by atoms with Crippen LogP contribution in [-0.2, 0) is 16.6 Å². The van der Waals surface area contributed by atoms with E-state index in [0.717, 1.165) is 10.7 Å². The number of carboxylic acids is 1. The Labute approximate surface area is 121 Å². The first-order valence-corrected chi connectivity index (χ1v) is 7.87. The standard InChI is InChI=1S/C12H10ClNO3S2/c1-7-14-8(5-18-7)6-19(17)9-2-3-11(13)10(4-9)12(15)16/h2-5H,6H2,1H3,(H,15,16). The highest BCUT2D eigenvalue weighted by Gasteiger charge is 2.13. The Morgan fingerprint density at radius 2 is 2.26 bits per heavy atom. The lowest BCUT2D eigenvalue weighted by molar-refractivity contribution is 0.0697. The first-order chi connectivity index (χ1) is 8.97. The molecule has 1 aromatic heterocycles. The zero-order chi connectivity index (χ0) is 14.0. The maximum atomic E-state index is 12.1. The number of aryl methyl sites for hydroxylation is 1. The molecule has 1 atom stereocenters. The summed E-state index contributed by atoms with van der Waals surface area (Å²) in [6.07, 6.45) is 0. The molecule has 2 rings (SSSR count). The second-order valence-electron chi connectivity index (χ2n) is 3.79. The predicted octanol–water partition coefficient (Wildman–Crippen LogP) is 3.11. The molecule has 0 fully saturated rings. The van der Waals surface area contributed by atoms with E-state index in [4.69, 9.17) is 16.7 Å². The van der Waals surface area contributed by atoms with Crippen LogP contribution in [-0.4, -0.2) is 20.3 Å². The summed E-state index contributed by atoms with van der Waals surface area (Å²) in [5.41, 5.74) is 0.703. The largest absolute Gasteiger partial charge is 0.478 e. The maximum absolute atomic E-state index is 12.1. The second kappa shape index (κ2) is 5.81. The fourth-order valence-corrected chi connectivity index (χ4v) is 3.47. The number of rotatable bonds is 4. The molecule has 1 N–H and O–H groups in total. The van der Waals surface area contributed by atoms with Crippen molar-refractivity contribution in [3.05, 3.63) is 44.9 Å². The van der Waals surface area contributed by atoms with Crippen LogP contribution in [0.5, 0.6) is 0 Å². The molecule has 0 aliphatic rings. The molecule has 0 spiro atoms. The second-order valence-corrected chi connectivity index (χ2v) is 6.72. The van der Waals surface area contributed by atoms with Gasteiger partial charge in [0.25, 0.3) is 0 Å². The van der Waals surface area contributed by atoms with E-state index in [2.05, 4.69) is 4.98 Å². The first kappa shape index (κ1) is 14.2. The van der Waals surface area contributed by atoms with Crippen LogP contribution in [0.25, 0.3) is 0 Å². The SMILES string of the molecule is Cc1nc(CS(=O)c2ccc(Cl)c(C(=O)O)c2)cs1. The summed E-state index contributed by atoms with van der Waals surface area (Å²) in [5, 5.41) is 11.9. The summed E-state index contributed by atoms with van der Waals surface area (Å²) in [6, 6.07) is 4.37. The first-order valence-electron chi connectivity index (χ1n) is 5.29. The lowest BCUT2D eigenvalue weighted by atomic mass is 10.2. The van der Waals surface area contributed by atoms with Gasteiger partial charge in [-0.3, -0.25) is 4.21 Å². The summed E-state index contributed by atoms with van der Waals surface area (Å²) < 4.78 is 12.1. The summed E-state index contributed by atoms with van der Waals surface area (Å²) in [6.45, 7) is 1.88. The van der Waals surface area contributed by atoms with Crippen molar-refractivity contribution in [3.63, 3.8) is 0 Å². The van der Waals surface area contributed by atoms with Gasteiger partial charge in [-0.15, -0.1) is 11.3 Å². The van der Waals surface area contributed by atoms with Gasteiger partial charge in [-0.1, -0.05) is 11.6 Å². The summed E-state index contributed by atoms with van der Waals surface area (Å²) >= 11 is 7.26. The fourth-order valence-electron chi connectivity index (χ4n) is 1.50. The predicted molar refractivity (Wildman–Crippen MR) is 75.4 cm³/mol. The highest BCUT2D eigenvalue weighted by molar-refractivity contribution is 7.84. The fraction of sp³-hybridized carbons (Fsp3) is 0.167. The van der Waals surface area contributed by atoms with Gasteiger partial charge in [0.05, 0.1) is 37.8 Å². The molecule has 1 unspecified atom stereocenters. The van der Waals surface area contributed by atoms with E-state index in [-0.39, 0.29) is 16.3 Å². The van der Waals surface area contributed by atoms with Gasteiger partial charge in [0.15, 0.2) is 0 Å². The van der Waals surface area contributed by atoms with Crippen LogP contribution in [0.2, 0.25) is 5.02 Å². The van der Waals surface area contributed by atoms with Crippen molar-refractivity contribution in [1.82, 2.24) is 4.98 Å². The van der Waals surface area contributed by atoms with E-state index >= 15 is 0 Å². The average Bonchev–Trinajstić information content (AvgIpc) is 2.74. The normalized spacial score (nSPS) is 12.3. The Balaban J connectivity index is 2.24. The quantitative estimate of drug-likeness (QED) is 0.941. The van der Waals surface area contributed by atoms with Gasteiger partial charge in [-0.25, -0.2) is 9.78 Å². The van der Waals surface area contributed by atoms with Crippen LogP contribution in [0.4, 0.5) is 0 Å². The van der Waals surface area contributed by atoms with Crippen molar-refractivity contribution in [2.45, 2.75) is 17.6 Å². The molecule has 1 heterocycles. The van der Waals surface area contributed by atoms with Gasteiger partial charge in [-0.05, 0) is 25.1 Å². The number of aromatic nitrogens is 1. The molecular formula is C12H10ClNO3S2. The molecule has 7 heteroatoms. The molecule has 4 nitrogen and oxygen atoms in total. The minimum absolute atomic E-state index is 0.0398. The van der Waals surface area contributed by atoms with E-state index in [9.17, 15) is 9.00 Å². The molecule has 0 saturated heterocycles. The third-order valence-corrected chi connectivity index (χ3v) is 4.87. The van der Waals surface area contributed by atoms with Crippen LogP contribution in [0, 0.1) is 6.92 Å².